The zero-order valence-electron chi connectivity index (χ0n) is 17.5. The van der Waals surface area contributed by atoms with Gasteiger partial charge in [0, 0.05) is 0 Å². The molecule has 1 aliphatic rings. The minimum atomic E-state index is -0.941. The first-order valence-electron chi connectivity index (χ1n) is 9.43. The van der Waals surface area contributed by atoms with Gasteiger partial charge in [-0.2, -0.15) is 5.10 Å². The highest BCUT2D eigenvalue weighted by Gasteiger charge is 2.29. The van der Waals surface area contributed by atoms with Crippen molar-refractivity contribution in [3.63, 3.8) is 0 Å². The maximum atomic E-state index is 12.4. The number of nitrogens with one attached hydrogen (secondary N) is 1. The number of benzene rings is 2. The Labute approximate surface area is 178 Å². The second kappa shape index (κ2) is 8.50. The monoisotopic (exact) mass is 429 g/mol. The number of methoxy groups -OCH3 is 1. The molecule has 1 amide bonds. The molecule has 2 N–H and O–H groups in total. The van der Waals surface area contributed by atoms with E-state index >= 15 is 0 Å². The van der Waals surface area contributed by atoms with Gasteiger partial charge in [0.05, 0.1) is 23.8 Å². The Balaban J connectivity index is 1.73. The summed E-state index contributed by atoms with van der Waals surface area (Å²) in [6.45, 7) is 6.19. The number of nitro benzene ring substituents is 1. The normalized spacial score (nSPS) is 15.5. The van der Waals surface area contributed by atoms with Crippen LogP contribution in [0.5, 0.6) is 23.0 Å². The summed E-state index contributed by atoms with van der Waals surface area (Å²) in [6.07, 6.45) is 0.150. The molecule has 0 aliphatic carbocycles. The maximum Gasteiger partial charge on any atom is 0.323 e. The summed E-state index contributed by atoms with van der Waals surface area (Å²) in [6, 6.07) is 8.11. The smallest absolute Gasteiger partial charge is 0.323 e. The van der Waals surface area contributed by atoms with E-state index in [4.69, 9.17) is 14.2 Å². The molecular formula is C21H23N3O7. The number of rotatable bonds is 5. The van der Waals surface area contributed by atoms with Crippen molar-refractivity contribution in [1.29, 1.82) is 0 Å². The minimum Gasteiger partial charge on any atom is -0.504 e. The maximum absolute atomic E-state index is 12.4. The van der Waals surface area contributed by atoms with Crippen LogP contribution in [0.25, 0.3) is 0 Å². The van der Waals surface area contributed by atoms with Gasteiger partial charge < -0.3 is 19.3 Å². The van der Waals surface area contributed by atoms with Crippen LogP contribution >= 0.6 is 0 Å². The number of fused-ring (bicyclic) bond motifs is 1. The number of phenols is 1. The third-order valence-corrected chi connectivity index (χ3v) is 4.67. The summed E-state index contributed by atoms with van der Waals surface area (Å²) in [5.41, 5.74) is 2.80. The van der Waals surface area contributed by atoms with Crippen LogP contribution in [0.2, 0.25) is 0 Å². The van der Waals surface area contributed by atoms with Crippen LogP contribution in [0.1, 0.15) is 31.9 Å². The Morgan fingerprint density at radius 1 is 1.32 bits per heavy atom. The van der Waals surface area contributed by atoms with Crippen molar-refractivity contribution in [3.05, 3.63) is 51.6 Å². The molecule has 10 heteroatoms. The van der Waals surface area contributed by atoms with Gasteiger partial charge >= 0.3 is 5.69 Å². The lowest BCUT2D eigenvalue weighted by atomic mass is 9.87. The fourth-order valence-electron chi connectivity index (χ4n) is 2.97. The van der Waals surface area contributed by atoms with E-state index in [0.29, 0.717) is 11.5 Å². The molecule has 0 unspecified atom stereocenters. The van der Waals surface area contributed by atoms with Crippen molar-refractivity contribution in [2.24, 2.45) is 5.10 Å². The fourth-order valence-corrected chi connectivity index (χ4v) is 2.97. The standard InChI is InChI=1S/C21H23N3O7/c1-21(2,3)13-6-8-15-16(9-13)31-17(11-30-15)20(26)23-22-10-12-5-7-14(25)19(29-4)18(12)24(27)28/h5-10,17,25H,11H2,1-4H3,(H,23,26)/b22-10+/t17-/m1/s1. The van der Waals surface area contributed by atoms with Crippen LogP contribution in [0.15, 0.2) is 35.4 Å². The second-order valence-corrected chi connectivity index (χ2v) is 7.88. The van der Waals surface area contributed by atoms with Crippen LogP contribution in [-0.2, 0) is 10.2 Å². The van der Waals surface area contributed by atoms with Gasteiger partial charge in [-0.15, -0.1) is 0 Å². The molecule has 3 rings (SSSR count). The highest BCUT2D eigenvalue weighted by atomic mass is 16.6. The van der Waals surface area contributed by atoms with E-state index in [9.17, 15) is 20.0 Å². The summed E-state index contributed by atoms with van der Waals surface area (Å²) < 4.78 is 16.3. The predicted octanol–water partition coefficient (Wildman–Crippen LogP) is 2.90. The quantitative estimate of drug-likeness (QED) is 0.424. The summed E-state index contributed by atoms with van der Waals surface area (Å²) in [7, 11) is 1.20. The number of nitrogens with zero attached hydrogens (tertiary/aromatic N) is 2. The Hall–Kier alpha value is -3.82. The Morgan fingerprint density at radius 2 is 2.06 bits per heavy atom. The van der Waals surface area contributed by atoms with Gasteiger partial charge in [-0.25, -0.2) is 5.43 Å². The lowest BCUT2D eigenvalue weighted by Crippen LogP contribution is -2.42. The molecule has 2 aromatic carbocycles. The summed E-state index contributed by atoms with van der Waals surface area (Å²) >= 11 is 0. The van der Waals surface area contributed by atoms with Crippen molar-refractivity contribution in [1.82, 2.24) is 5.43 Å². The largest absolute Gasteiger partial charge is 0.504 e. The third kappa shape index (κ3) is 4.68. The first kappa shape index (κ1) is 21.9. The van der Waals surface area contributed by atoms with Gasteiger partial charge in [0.1, 0.15) is 6.61 Å². The molecule has 0 saturated carbocycles. The van der Waals surface area contributed by atoms with Gasteiger partial charge in [0.25, 0.3) is 5.91 Å². The van der Waals surface area contributed by atoms with Gasteiger partial charge in [0.2, 0.25) is 11.9 Å². The van der Waals surface area contributed by atoms with E-state index in [1.807, 2.05) is 12.1 Å². The zero-order valence-corrected chi connectivity index (χ0v) is 17.5. The van der Waals surface area contributed by atoms with E-state index in [1.54, 1.807) is 6.07 Å². The Kier molecular flexibility index (Phi) is 6.00. The number of carbonyl (C=O) groups is 1. The van der Waals surface area contributed by atoms with E-state index in [1.165, 1.54) is 19.2 Å². The number of aromatic hydroxyl groups is 1. The van der Waals surface area contributed by atoms with Crippen LogP contribution in [0, 0.1) is 10.1 Å². The molecule has 0 fully saturated rings. The average Bonchev–Trinajstić information content (AvgIpc) is 2.72. The van der Waals surface area contributed by atoms with Crippen molar-refractivity contribution < 1.29 is 29.0 Å². The molecule has 1 aliphatic heterocycles. The third-order valence-electron chi connectivity index (χ3n) is 4.67. The highest BCUT2D eigenvalue weighted by molar-refractivity contribution is 5.90. The van der Waals surface area contributed by atoms with E-state index in [-0.39, 0.29) is 29.1 Å². The minimum absolute atomic E-state index is 0.00357. The van der Waals surface area contributed by atoms with Crippen LogP contribution in [0.3, 0.4) is 0 Å². The fraction of sp³-hybridized carbons (Fsp3) is 0.333. The number of carbonyl (C=O) groups excluding carboxylic acids is 1. The molecular weight excluding hydrogens is 406 g/mol. The van der Waals surface area contributed by atoms with Gasteiger partial charge in [-0.1, -0.05) is 26.8 Å². The zero-order chi connectivity index (χ0) is 22.8. The lowest BCUT2D eigenvalue weighted by Gasteiger charge is -2.27. The molecule has 0 bridgehead atoms. The summed E-state index contributed by atoms with van der Waals surface area (Å²) in [5.74, 6) is -0.238. The molecule has 10 nitrogen and oxygen atoms in total. The summed E-state index contributed by atoms with van der Waals surface area (Å²) in [5, 5.41) is 24.8. The van der Waals surface area contributed by atoms with Crippen LogP contribution in [0.4, 0.5) is 5.69 Å². The number of nitro groups is 1. The molecule has 0 radical (unpaired) electrons. The van der Waals surface area contributed by atoms with E-state index in [2.05, 4.69) is 31.3 Å². The molecule has 1 heterocycles. The molecule has 2 aromatic rings. The Morgan fingerprint density at radius 3 is 2.71 bits per heavy atom. The molecule has 164 valence electrons. The number of hydrazone groups is 1. The lowest BCUT2D eigenvalue weighted by molar-refractivity contribution is -0.386. The van der Waals surface area contributed by atoms with Crippen molar-refractivity contribution >= 4 is 17.8 Å². The SMILES string of the molecule is COc1c(O)ccc(/C=N/NC(=O)[C@H]2COc3ccc(C(C)(C)C)cc3O2)c1[N+](=O)[O-]. The number of amides is 1. The summed E-state index contributed by atoms with van der Waals surface area (Å²) in [4.78, 5) is 23.1. The molecule has 0 aromatic heterocycles. The van der Waals surface area contributed by atoms with Crippen molar-refractivity contribution in [2.45, 2.75) is 32.3 Å². The van der Waals surface area contributed by atoms with E-state index < -0.39 is 22.6 Å². The second-order valence-electron chi connectivity index (χ2n) is 7.88. The first-order chi connectivity index (χ1) is 14.6. The number of phenolic OH excluding ortho intramolecular Hbond substituents is 1. The Bertz CT molecular complexity index is 1040. The average molecular weight is 429 g/mol. The van der Waals surface area contributed by atoms with Crippen LogP contribution < -0.4 is 19.6 Å². The number of ether oxygens (including phenoxy) is 3. The molecule has 1 atom stereocenters. The topological polar surface area (TPSA) is 133 Å². The van der Waals surface area contributed by atoms with Gasteiger partial charge in [-0.3, -0.25) is 14.9 Å². The molecule has 0 saturated heterocycles. The number of hydrogen-bond donors (Lipinski definition) is 2. The van der Waals surface area contributed by atoms with Gasteiger partial charge in [-0.05, 0) is 35.2 Å². The van der Waals surface area contributed by atoms with E-state index in [0.717, 1.165) is 11.8 Å². The molecule has 31 heavy (non-hydrogen) atoms. The highest BCUT2D eigenvalue weighted by Crippen LogP contribution is 2.38. The van der Waals surface area contributed by atoms with Crippen molar-refractivity contribution in [2.75, 3.05) is 13.7 Å². The van der Waals surface area contributed by atoms with Crippen molar-refractivity contribution in [3.8, 4) is 23.0 Å². The molecule has 0 spiro atoms. The van der Waals surface area contributed by atoms with Gasteiger partial charge in [0.15, 0.2) is 17.2 Å². The predicted molar refractivity (Wildman–Crippen MR) is 112 cm³/mol. The number of hydrogen-bond acceptors (Lipinski definition) is 8. The first-order valence-corrected chi connectivity index (χ1v) is 9.43. The van der Waals surface area contributed by atoms with Crippen LogP contribution in [-0.4, -0.2) is 42.0 Å².